The molecule has 0 radical (unpaired) electrons. The molecule has 1 aromatic carbocycles. The second-order valence-electron chi connectivity index (χ2n) is 4.66. The third-order valence-corrected chi connectivity index (χ3v) is 3.61. The van der Waals surface area contributed by atoms with E-state index in [1.807, 2.05) is 12.1 Å². The van der Waals surface area contributed by atoms with E-state index in [4.69, 9.17) is 4.74 Å². The van der Waals surface area contributed by atoms with Gasteiger partial charge < -0.3 is 10.1 Å². The minimum absolute atomic E-state index is 0.298. The minimum Gasteiger partial charge on any atom is -0.423 e. The van der Waals surface area contributed by atoms with Crippen LogP contribution in [0.1, 0.15) is 31.9 Å². The first kappa shape index (κ1) is 15.0. The van der Waals surface area contributed by atoms with Gasteiger partial charge in [-0.1, -0.05) is 28.9 Å². The zero-order valence-electron chi connectivity index (χ0n) is 11.9. The Bertz CT molecular complexity index is 570. The van der Waals surface area contributed by atoms with Crippen LogP contribution in [0.15, 0.2) is 29.0 Å². The van der Waals surface area contributed by atoms with Gasteiger partial charge in [0.05, 0.1) is 0 Å². The number of aryl methyl sites for hydroxylation is 1. The molecule has 0 fully saturated rings. The van der Waals surface area contributed by atoms with Crippen molar-refractivity contribution in [2.24, 2.45) is 7.05 Å². The first-order valence-electron chi connectivity index (χ1n) is 6.66. The van der Waals surface area contributed by atoms with Crippen molar-refractivity contribution in [3.63, 3.8) is 0 Å². The molecule has 0 bridgehead atoms. The molecule has 1 aromatic heterocycles. The molecule has 6 heteroatoms. The second kappa shape index (κ2) is 6.85. The SMILES string of the molecule is CCCNC(C)c1ccc(Oc2ncn(C)n2)cc1Br. The molecule has 0 aliphatic carbocycles. The molecular weight excluding hydrogens is 320 g/mol. The van der Waals surface area contributed by atoms with Crippen LogP contribution in [0.5, 0.6) is 11.8 Å². The molecule has 0 saturated carbocycles. The van der Waals surface area contributed by atoms with E-state index in [9.17, 15) is 0 Å². The Morgan fingerprint density at radius 3 is 2.85 bits per heavy atom. The van der Waals surface area contributed by atoms with E-state index in [0.717, 1.165) is 23.2 Å². The lowest BCUT2D eigenvalue weighted by atomic mass is 10.1. The number of hydrogen-bond donors (Lipinski definition) is 1. The molecule has 0 spiro atoms. The molecule has 0 aliphatic rings. The molecule has 1 atom stereocenters. The van der Waals surface area contributed by atoms with Crippen LogP contribution in [-0.2, 0) is 7.05 Å². The average molecular weight is 339 g/mol. The van der Waals surface area contributed by atoms with Crippen LogP contribution >= 0.6 is 15.9 Å². The van der Waals surface area contributed by atoms with Crippen LogP contribution in [-0.4, -0.2) is 21.3 Å². The highest BCUT2D eigenvalue weighted by atomic mass is 79.9. The van der Waals surface area contributed by atoms with Crippen molar-refractivity contribution in [1.82, 2.24) is 20.1 Å². The van der Waals surface area contributed by atoms with E-state index in [1.54, 1.807) is 18.1 Å². The number of aromatic nitrogens is 3. The van der Waals surface area contributed by atoms with Gasteiger partial charge in [-0.15, -0.1) is 5.10 Å². The molecule has 20 heavy (non-hydrogen) atoms. The minimum atomic E-state index is 0.298. The fourth-order valence-electron chi connectivity index (χ4n) is 1.87. The highest BCUT2D eigenvalue weighted by Crippen LogP contribution is 2.29. The van der Waals surface area contributed by atoms with E-state index in [-0.39, 0.29) is 0 Å². The Morgan fingerprint density at radius 2 is 2.25 bits per heavy atom. The van der Waals surface area contributed by atoms with Gasteiger partial charge in [0.25, 0.3) is 0 Å². The Hall–Kier alpha value is -1.40. The summed E-state index contributed by atoms with van der Waals surface area (Å²) in [6, 6.07) is 6.57. The van der Waals surface area contributed by atoms with Crippen molar-refractivity contribution in [3.05, 3.63) is 34.6 Å². The number of ether oxygens (including phenoxy) is 1. The van der Waals surface area contributed by atoms with E-state index in [0.29, 0.717) is 12.1 Å². The summed E-state index contributed by atoms with van der Waals surface area (Å²) in [5.74, 6) is 0.717. The Morgan fingerprint density at radius 1 is 1.45 bits per heavy atom. The smallest absolute Gasteiger partial charge is 0.340 e. The summed E-state index contributed by atoms with van der Waals surface area (Å²) in [7, 11) is 1.81. The molecule has 0 aliphatic heterocycles. The summed E-state index contributed by atoms with van der Waals surface area (Å²) in [4.78, 5) is 4.04. The Kier molecular flexibility index (Phi) is 5.14. The van der Waals surface area contributed by atoms with Gasteiger partial charge in [-0.05, 0) is 37.6 Å². The second-order valence-corrected chi connectivity index (χ2v) is 5.52. The van der Waals surface area contributed by atoms with Crippen LogP contribution in [0.4, 0.5) is 0 Å². The molecule has 0 saturated heterocycles. The largest absolute Gasteiger partial charge is 0.423 e. The lowest BCUT2D eigenvalue weighted by Gasteiger charge is -2.16. The lowest BCUT2D eigenvalue weighted by Crippen LogP contribution is -2.19. The number of benzene rings is 1. The fraction of sp³-hybridized carbons (Fsp3) is 0.429. The maximum Gasteiger partial charge on any atom is 0.340 e. The number of nitrogens with zero attached hydrogens (tertiary/aromatic N) is 3. The normalized spacial score (nSPS) is 12.4. The van der Waals surface area contributed by atoms with Crippen LogP contribution in [0.25, 0.3) is 0 Å². The van der Waals surface area contributed by atoms with Gasteiger partial charge in [-0.2, -0.15) is 4.98 Å². The van der Waals surface area contributed by atoms with Crippen LogP contribution in [0, 0.1) is 0 Å². The molecule has 2 rings (SSSR count). The molecule has 108 valence electrons. The Labute approximate surface area is 127 Å². The van der Waals surface area contributed by atoms with Crippen LogP contribution in [0.2, 0.25) is 0 Å². The van der Waals surface area contributed by atoms with Gasteiger partial charge in [-0.3, -0.25) is 4.68 Å². The van der Waals surface area contributed by atoms with Gasteiger partial charge in [0.2, 0.25) is 0 Å². The molecule has 0 amide bonds. The zero-order chi connectivity index (χ0) is 14.5. The topological polar surface area (TPSA) is 52.0 Å². The monoisotopic (exact) mass is 338 g/mol. The molecule has 2 aromatic rings. The number of rotatable bonds is 6. The van der Waals surface area contributed by atoms with Gasteiger partial charge in [-0.25, -0.2) is 0 Å². The predicted molar refractivity (Wildman–Crippen MR) is 81.9 cm³/mol. The van der Waals surface area contributed by atoms with Crippen molar-refractivity contribution in [3.8, 4) is 11.8 Å². The summed E-state index contributed by atoms with van der Waals surface area (Å²) in [6.07, 6.45) is 2.73. The summed E-state index contributed by atoms with van der Waals surface area (Å²) < 4.78 is 8.22. The van der Waals surface area contributed by atoms with Crippen molar-refractivity contribution in [1.29, 1.82) is 0 Å². The van der Waals surface area contributed by atoms with Gasteiger partial charge >= 0.3 is 6.01 Å². The standard InChI is InChI=1S/C14H19BrN4O/c1-4-7-16-10(2)12-6-5-11(8-13(12)15)20-14-17-9-19(3)18-14/h5-6,8-10,16H,4,7H2,1-3H3. The summed E-state index contributed by atoms with van der Waals surface area (Å²) >= 11 is 3.59. The van der Waals surface area contributed by atoms with E-state index < -0.39 is 0 Å². The van der Waals surface area contributed by atoms with Gasteiger partial charge in [0.15, 0.2) is 0 Å². The third-order valence-electron chi connectivity index (χ3n) is 2.93. The quantitative estimate of drug-likeness (QED) is 0.876. The highest BCUT2D eigenvalue weighted by molar-refractivity contribution is 9.10. The first-order chi connectivity index (χ1) is 9.60. The fourth-order valence-corrected chi connectivity index (χ4v) is 2.57. The predicted octanol–water partition coefficient (Wildman–Crippen LogP) is 3.43. The number of hydrogen-bond acceptors (Lipinski definition) is 4. The summed E-state index contributed by atoms with van der Waals surface area (Å²) in [5.41, 5.74) is 1.21. The molecule has 1 N–H and O–H groups in total. The van der Waals surface area contributed by atoms with Gasteiger partial charge in [0.1, 0.15) is 12.1 Å². The summed E-state index contributed by atoms with van der Waals surface area (Å²) in [5, 5.41) is 7.55. The maximum atomic E-state index is 5.60. The average Bonchev–Trinajstić information content (AvgIpc) is 2.81. The van der Waals surface area contributed by atoms with E-state index in [2.05, 4.69) is 51.2 Å². The van der Waals surface area contributed by atoms with Crippen molar-refractivity contribution in [2.75, 3.05) is 6.54 Å². The van der Waals surface area contributed by atoms with E-state index >= 15 is 0 Å². The zero-order valence-corrected chi connectivity index (χ0v) is 13.5. The number of nitrogens with one attached hydrogen (secondary N) is 1. The highest BCUT2D eigenvalue weighted by Gasteiger charge is 2.10. The summed E-state index contributed by atoms with van der Waals surface area (Å²) in [6.45, 7) is 5.31. The van der Waals surface area contributed by atoms with Gasteiger partial charge in [0, 0.05) is 17.6 Å². The third kappa shape index (κ3) is 3.80. The van der Waals surface area contributed by atoms with Crippen molar-refractivity contribution >= 4 is 15.9 Å². The molecular formula is C14H19BrN4O. The molecule has 1 heterocycles. The Balaban J connectivity index is 2.09. The van der Waals surface area contributed by atoms with Crippen molar-refractivity contribution < 1.29 is 4.74 Å². The van der Waals surface area contributed by atoms with Crippen LogP contribution in [0.3, 0.4) is 0 Å². The van der Waals surface area contributed by atoms with Crippen molar-refractivity contribution in [2.45, 2.75) is 26.3 Å². The maximum absolute atomic E-state index is 5.60. The first-order valence-corrected chi connectivity index (χ1v) is 7.45. The van der Waals surface area contributed by atoms with E-state index in [1.165, 1.54) is 5.56 Å². The van der Waals surface area contributed by atoms with Crippen LogP contribution < -0.4 is 10.1 Å². The number of halogens is 1. The lowest BCUT2D eigenvalue weighted by molar-refractivity contribution is 0.438. The molecule has 5 nitrogen and oxygen atoms in total. The molecule has 1 unspecified atom stereocenters.